The summed E-state index contributed by atoms with van der Waals surface area (Å²) in [6.07, 6.45) is 2.72. The normalized spacial score (nSPS) is 20.0. The van der Waals surface area contributed by atoms with Gasteiger partial charge in [0.15, 0.2) is 0 Å². The highest BCUT2D eigenvalue weighted by molar-refractivity contribution is 7.91. The summed E-state index contributed by atoms with van der Waals surface area (Å²) < 4.78 is 22.6. The molecule has 0 bridgehead atoms. The zero-order chi connectivity index (χ0) is 12.5. The van der Waals surface area contributed by atoms with Crippen LogP contribution in [-0.2, 0) is 9.84 Å². The maximum atomic E-state index is 11.3. The van der Waals surface area contributed by atoms with Crippen molar-refractivity contribution in [3.8, 4) is 0 Å². The van der Waals surface area contributed by atoms with E-state index in [9.17, 15) is 13.2 Å². The monoisotopic (exact) mass is 255 g/mol. The minimum atomic E-state index is -2.86. The number of carboxylic acid groups (broad SMARTS) is 1. The van der Waals surface area contributed by atoms with Crippen molar-refractivity contribution < 1.29 is 18.3 Å². The molecular formula is C11H13NO4S. The van der Waals surface area contributed by atoms with Crippen LogP contribution in [0.5, 0.6) is 0 Å². The van der Waals surface area contributed by atoms with Gasteiger partial charge >= 0.3 is 5.97 Å². The quantitative estimate of drug-likeness (QED) is 0.854. The van der Waals surface area contributed by atoms with E-state index in [-0.39, 0.29) is 23.1 Å². The van der Waals surface area contributed by atoms with Crippen LogP contribution in [0, 0.1) is 0 Å². The Morgan fingerprint density at radius 2 is 1.94 bits per heavy atom. The number of nitrogens with zero attached hydrogens (tertiary/aromatic N) is 1. The Morgan fingerprint density at radius 1 is 1.29 bits per heavy atom. The van der Waals surface area contributed by atoms with E-state index in [4.69, 9.17) is 5.11 Å². The number of hydrogen-bond acceptors (Lipinski definition) is 4. The van der Waals surface area contributed by atoms with Crippen molar-refractivity contribution in [3.05, 3.63) is 29.6 Å². The van der Waals surface area contributed by atoms with Crippen LogP contribution in [0.15, 0.2) is 18.3 Å². The number of rotatable bonds is 2. The molecule has 0 unspecified atom stereocenters. The van der Waals surface area contributed by atoms with E-state index in [1.165, 1.54) is 12.3 Å². The van der Waals surface area contributed by atoms with Crippen molar-refractivity contribution in [2.75, 3.05) is 11.5 Å². The molecule has 0 spiro atoms. The van der Waals surface area contributed by atoms with Gasteiger partial charge in [-0.15, -0.1) is 0 Å². The van der Waals surface area contributed by atoms with Crippen molar-refractivity contribution in [1.29, 1.82) is 0 Å². The van der Waals surface area contributed by atoms with Gasteiger partial charge in [0.25, 0.3) is 0 Å². The molecule has 1 aromatic heterocycles. The van der Waals surface area contributed by atoms with Gasteiger partial charge in [0, 0.05) is 6.20 Å². The van der Waals surface area contributed by atoms with Crippen LogP contribution in [-0.4, -0.2) is 36.0 Å². The lowest BCUT2D eigenvalue weighted by molar-refractivity contribution is 0.0690. The minimum Gasteiger partial charge on any atom is -0.477 e. The number of pyridine rings is 1. The number of aromatic nitrogens is 1. The standard InChI is InChI=1S/C11H13NO4S/c13-11(14)10-2-1-9(7-12-10)8-3-5-17(15,16)6-4-8/h1-2,7-8H,3-6H2,(H,13,14). The topological polar surface area (TPSA) is 84.3 Å². The zero-order valence-corrected chi connectivity index (χ0v) is 9.98. The molecule has 0 saturated carbocycles. The average Bonchev–Trinajstić information content (AvgIpc) is 2.29. The van der Waals surface area contributed by atoms with Crippen molar-refractivity contribution in [2.24, 2.45) is 0 Å². The highest BCUT2D eigenvalue weighted by atomic mass is 32.2. The molecule has 92 valence electrons. The number of carboxylic acids is 1. The average molecular weight is 255 g/mol. The van der Waals surface area contributed by atoms with Gasteiger partial charge in [0.05, 0.1) is 11.5 Å². The lowest BCUT2D eigenvalue weighted by Crippen LogP contribution is -2.22. The molecule has 1 aliphatic heterocycles. The van der Waals surface area contributed by atoms with E-state index < -0.39 is 15.8 Å². The first-order valence-electron chi connectivity index (χ1n) is 5.37. The van der Waals surface area contributed by atoms with Crippen LogP contribution >= 0.6 is 0 Å². The Bertz CT molecular complexity index is 507. The van der Waals surface area contributed by atoms with E-state index in [1.54, 1.807) is 6.07 Å². The third kappa shape index (κ3) is 2.82. The molecule has 2 rings (SSSR count). The number of aromatic carboxylic acids is 1. The molecule has 1 aliphatic rings. The Kier molecular flexibility index (Phi) is 3.15. The van der Waals surface area contributed by atoms with Gasteiger partial charge in [0.1, 0.15) is 15.5 Å². The van der Waals surface area contributed by atoms with Crippen molar-refractivity contribution in [2.45, 2.75) is 18.8 Å². The summed E-state index contributed by atoms with van der Waals surface area (Å²) >= 11 is 0. The van der Waals surface area contributed by atoms with Gasteiger partial charge in [-0.2, -0.15) is 0 Å². The van der Waals surface area contributed by atoms with Crippen molar-refractivity contribution >= 4 is 15.8 Å². The number of hydrogen-bond donors (Lipinski definition) is 1. The Balaban J connectivity index is 2.11. The molecule has 2 heterocycles. The van der Waals surface area contributed by atoms with Crippen molar-refractivity contribution in [1.82, 2.24) is 4.98 Å². The summed E-state index contributed by atoms with van der Waals surface area (Å²) in [5, 5.41) is 8.71. The Hall–Kier alpha value is -1.43. The van der Waals surface area contributed by atoms with E-state index >= 15 is 0 Å². The molecule has 17 heavy (non-hydrogen) atoms. The molecule has 1 saturated heterocycles. The molecule has 0 radical (unpaired) electrons. The summed E-state index contributed by atoms with van der Waals surface area (Å²) in [6, 6.07) is 3.18. The highest BCUT2D eigenvalue weighted by Crippen LogP contribution is 2.28. The molecular weight excluding hydrogens is 242 g/mol. The zero-order valence-electron chi connectivity index (χ0n) is 9.17. The van der Waals surface area contributed by atoms with Gasteiger partial charge in [-0.1, -0.05) is 6.07 Å². The Labute approximate surface area is 99.4 Å². The lowest BCUT2D eigenvalue weighted by atomic mass is 9.95. The van der Waals surface area contributed by atoms with Crippen LogP contribution in [0.2, 0.25) is 0 Å². The summed E-state index contributed by atoms with van der Waals surface area (Å²) in [7, 11) is -2.86. The fourth-order valence-electron chi connectivity index (χ4n) is 2.00. The predicted octanol–water partition coefficient (Wildman–Crippen LogP) is 1.07. The molecule has 1 N–H and O–H groups in total. The second kappa shape index (κ2) is 4.44. The maximum Gasteiger partial charge on any atom is 0.354 e. The summed E-state index contributed by atoms with van der Waals surface area (Å²) in [5.41, 5.74) is 0.932. The molecule has 6 heteroatoms. The summed E-state index contributed by atoms with van der Waals surface area (Å²) in [4.78, 5) is 14.5. The van der Waals surface area contributed by atoms with Gasteiger partial charge < -0.3 is 5.11 Å². The lowest BCUT2D eigenvalue weighted by Gasteiger charge is -2.21. The molecule has 0 amide bonds. The third-order valence-corrected chi connectivity index (χ3v) is 4.75. The minimum absolute atomic E-state index is 0.0113. The second-order valence-corrected chi connectivity index (χ2v) is 6.51. The molecule has 1 fully saturated rings. The van der Waals surface area contributed by atoms with Crippen LogP contribution in [0.4, 0.5) is 0 Å². The molecule has 5 nitrogen and oxygen atoms in total. The molecule has 1 aromatic rings. The highest BCUT2D eigenvalue weighted by Gasteiger charge is 2.24. The molecule has 0 aliphatic carbocycles. The van der Waals surface area contributed by atoms with Crippen LogP contribution < -0.4 is 0 Å². The summed E-state index contributed by atoms with van der Waals surface area (Å²) in [5.74, 6) is -0.465. The Morgan fingerprint density at radius 3 is 2.41 bits per heavy atom. The smallest absolute Gasteiger partial charge is 0.354 e. The first kappa shape index (κ1) is 12.0. The van der Waals surface area contributed by atoms with Gasteiger partial charge in [-0.3, -0.25) is 0 Å². The van der Waals surface area contributed by atoms with E-state index in [1.807, 2.05) is 0 Å². The van der Waals surface area contributed by atoms with Crippen LogP contribution in [0.25, 0.3) is 0 Å². The fraction of sp³-hybridized carbons (Fsp3) is 0.455. The van der Waals surface area contributed by atoms with Crippen LogP contribution in [0.1, 0.15) is 34.8 Å². The first-order chi connectivity index (χ1) is 7.98. The first-order valence-corrected chi connectivity index (χ1v) is 7.20. The number of sulfone groups is 1. The maximum absolute atomic E-state index is 11.3. The van der Waals surface area contributed by atoms with Crippen LogP contribution in [0.3, 0.4) is 0 Å². The molecule has 0 aromatic carbocycles. The number of carbonyl (C=O) groups is 1. The van der Waals surface area contributed by atoms with Gasteiger partial charge in [-0.25, -0.2) is 18.2 Å². The SMILES string of the molecule is O=C(O)c1ccc(C2CCS(=O)(=O)CC2)cn1. The third-order valence-electron chi connectivity index (χ3n) is 3.03. The predicted molar refractivity (Wildman–Crippen MR) is 61.8 cm³/mol. The largest absolute Gasteiger partial charge is 0.477 e. The second-order valence-electron chi connectivity index (χ2n) is 4.21. The molecule has 0 atom stereocenters. The van der Waals surface area contributed by atoms with Crippen molar-refractivity contribution in [3.63, 3.8) is 0 Å². The van der Waals surface area contributed by atoms with Gasteiger partial charge in [-0.05, 0) is 30.4 Å². The van der Waals surface area contributed by atoms with E-state index in [0.717, 1.165) is 5.56 Å². The summed E-state index contributed by atoms with van der Waals surface area (Å²) in [6.45, 7) is 0. The van der Waals surface area contributed by atoms with E-state index in [0.29, 0.717) is 12.8 Å². The fourth-order valence-corrected chi connectivity index (χ4v) is 3.49. The van der Waals surface area contributed by atoms with Gasteiger partial charge in [0.2, 0.25) is 0 Å². The van der Waals surface area contributed by atoms with E-state index in [2.05, 4.69) is 4.98 Å².